The van der Waals surface area contributed by atoms with Crippen molar-refractivity contribution in [3.05, 3.63) is 0 Å². The predicted octanol–water partition coefficient (Wildman–Crippen LogP) is 0.877. The fourth-order valence-corrected chi connectivity index (χ4v) is 1.43. The van der Waals surface area contributed by atoms with Gasteiger partial charge in [-0.3, -0.25) is 0 Å². The van der Waals surface area contributed by atoms with E-state index in [9.17, 15) is 0 Å². The number of hydrogen-bond acceptors (Lipinski definition) is 2. The third-order valence-corrected chi connectivity index (χ3v) is 2.07. The van der Waals surface area contributed by atoms with Crippen LogP contribution in [0.1, 0.15) is 32.1 Å². The average Bonchev–Trinajstić information content (AvgIpc) is 1.90. The first-order chi connectivity index (χ1) is 4.30. The SMILES string of the molecule is OC(O)C1CCCCC1. The molecule has 0 atom stereocenters. The summed E-state index contributed by atoms with van der Waals surface area (Å²) >= 11 is 0. The lowest BCUT2D eigenvalue weighted by Gasteiger charge is -2.22. The van der Waals surface area contributed by atoms with Gasteiger partial charge in [-0.2, -0.15) is 0 Å². The van der Waals surface area contributed by atoms with Gasteiger partial charge in [0.15, 0.2) is 6.29 Å². The monoisotopic (exact) mass is 130 g/mol. The Kier molecular flexibility index (Phi) is 2.49. The van der Waals surface area contributed by atoms with Gasteiger partial charge in [0.1, 0.15) is 0 Å². The second kappa shape index (κ2) is 3.18. The van der Waals surface area contributed by atoms with Crippen LogP contribution in [0.4, 0.5) is 0 Å². The first-order valence-corrected chi connectivity index (χ1v) is 3.67. The summed E-state index contributed by atoms with van der Waals surface area (Å²) in [6.45, 7) is 0. The van der Waals surface area contributed by atoms with Crippen LogP contribution in [0.5, 0.6) is 0 Å². The fraction of sp³-hybridized carbons (Fsp3) is 1.00. The van der Waals surface area contributed by atoms with Gasteiger partial charge in [-0.15, -0.1) is 0 Å². The molecule has 2 heteroatoms. The zero-order valence-corrected chi connectivity index (χ0v) is 5.58. The molecule has 0 saturated heterocycles. The lowest BCUT2D eigenvalue weighted by molar-refractivity contribution is -0.0925. The molecule has 2 N–H and O–H groups in total. The molecule has 0 amide bonds. The van der Waals surface area contributed by atoms with Crippen LogP contribution in [-0.2, 0) is 0 Å². The quantitative estimate of drug-likeness (QED) is 0.517. The minimum Gasteiger partial charge on any atom is -0.368 e. The first kappa shape index (κ1) is 7.03. The predicted molar refractivity (Wildman–Crippen MR) is 34.8 cm³/mol. The van der Waals surface area contributed by atoms with Crippen LogP contribution in [-0.4, -0.2) is 16.5 Å². The summed E-state index contributed by atoms with van der Waals surface area (Å²) in [6.07, 6.45) is 4.54. The maximum absolute atomic E-state index is 8.73. The Morgan fingerprint density at radius 2 is 1.56 bits per heavy atom. The zero-order chi connectivity index (χ0) is 6.69. The molecule has 1 aliphatic carbocycles. The highest BCUT2D eigenvalue weighted by molar-refractivity contribution is 4.66. The van der Waals surface area contributed by atoms with Crippen LogP contribution in [0, 0.1) is 5.92 Å². The van der Waals surface area contributed by atoms with Crippen LogP contribution < -0.4 is 0 Å². The molecule has 2 nitrogen and oxygen atoms in total. The molecule has 0 bridgehead atoms. The highest BCUT2D eigenvalue weighted by Gasteiger charge is 2.18. The molecule has 0 aromatic carbocycles. The lowest BCUT2D eigenvalue weighted by atomic mass is 9.89. The van der Waals surface area contributed by atoms with Crippen molar-refractivity contribution in [3.63, 3.8) is 0 Å². The molecule has 9 heavy (non-hydrogen) atoms. The summed E-state index contributed by atoms with van der Waals surface area (Å²) in [5, 5.41) is 17.5. The molecule has 0 spiro atoms. The summed E-state index contributed by atoms with van der Waals surface area (Å²) < 4.78 is 0. The van der Waals surface area contributed by atoms with E-state index in [1.54, 1.807) is 0 Å². The summed E-state index contributed by atoms with van der Waals surface area (Å²) in [6, 6.07) is 0. The molecule has 0 unspecified atom stereocenters. The molecular weight excluding hydrogens is 116 g/mol. The van der Waals surface area contributed by atoms with Crippen molar-refractivity contribution in [1.82, 2.24) is 0 Å². The number of aliphatic hydroxyl groups excluding tert-OH is 1. The molecule has 1 aliphatic rings. The molecule has 1 saturated carbocycles. The highest BCUT2D eigenvalue weighted by Crippen LogP contribution is 2.25. The second-order valence-corrected chi connectivity index (χ2v) is 2.81. The van der Waals surface area contributed by atoms with Crippen molar-refractivity contribution in [3.8, 4) is 0 Å². The molecule has 54 valence electrons. The van der Waals surface area contributed by atoms with Gasteiger partial charge < -0.3 is 10.2 Å². The zero-order valence-electron chi connectivity index (χ0n) is 5.58. The van der Waals surface area contributed by atoms with Crippen molar-refractivity contribution < 1.29 is 10.2 Å². The molecule has 0 aromatic rings. The van der Waals surface area contributed by atoms with Crippen LogP contribution >= 0.6 is 0 Å². The molecule has 0 heterocycles. The van der Waals surface area contributed by atoms with E-state index < -0.39 is 6.29 Å². The van der Waals surface area contributed by atoms with E-state index in [-0.39, 0.29) is 5.92 Å². The van der Waals surface area contributed by atoms with Gasteiger partial charge >= 0.3 is 0 Å². The van der Waals surface area contributed by atoms with Crippen LogP contribution in [0.3, 0.4) is 0 Å². The molecule has 1 rings (SSSR count). The Balaban J connectivity index is 2.23. The van der Waals surface area contributed by atoms with Crippen LogP contribution in [0.25, 0.3) is 0 Å². The van der Waals surface area contributed by atoms with Gasteiger partial charge in [-0.05, 0) is 12.8 Å². The summed E-state index contributed by atoms with van der Waals surface area (Å²) in [5.41, 5.74) is 0. The van der Waals surface area contributed by atoms with Gasteiger partial charge in [0.2, 0.25) is 0 Å². The third-order valence-electron chi connectivity index (χ3n) is 2.07. The number of aliphatic hydroxyl groups is 2. The van der Waals surface area contributed by atoms with Crippen molar-refractivity contribution in [2.24, 2.45) is 5.92 Å². The van der Waals surface area contributed by atoms with Gasteiger partial charge in [0, 0.05) is 5.92 Å². The minimum absolute atomic E-state index is 0.166. The average molecular weight is 130 g/mol. The van der Waals surface area contributed by atoms with E-state index in [1.807, 2.05) is 0 Å². The topological polar surface area (TPSA) is 40.5 Å². The maximum atomic E-state index is 8.73. The number of hydrogen-bond donors (Lipinski definition) is 2. The fourth-order valence-electron chi connectivity index (χ4n) is 1.43. The van der Waals surface area contributed by atoms with Crippen LogP contribution in [0.2, 0.25) is 0 Å². The van der Waals surface area contributed by atoms with E-state index in [0.29, 0.717) is 0 Å². The molecule has 0 aliphatic heterocycles. The van der Waals surface area contributed by atoms with Gasteiger partial charge in [-0.1, -0.05) is 19.3 Å². The summed E-state index contributed by atoms with van der Waals surface area (Å²) in [4.78, 5) is 0. The third kappa shape index (κ3) is 1.95. The van der Waals surface area contributed by atoms with Gasteiger partial charge in [0.25, 0.3) is 0 Å². The summed E-state index contributed by atoms with van der Waals surface area (Å²) in [5.74, 6) is 0.166. The standard InChI is InChI=1S/C7H14O2/c8-7(9)6-4-2-1-3-5-6/h6-9H,1-5H2. The maximum Gasteiger partial charge on any atom is 0.154 e. The van der Waals surface area contributed by atoms with Crippen molar-refractivity contribution in [2.75, 3.05) is 0 Å². The Morgan fingerprint density at radius 1 is 1.00 bits per heavy atom. The van der Waals surface area contributed by atoms with E-state index in [1.165, 1.54) is 19.3 Å². The van der Waals surface area contributed by atoms with E-state index >= 15 is 0 Å². The Labute approximate surface area is 55.5 Å². The van der Waals surface area contributed by atoms with E-state index in [2.05, 4.69) is 0 Å². The van der Waals surface area contributed by atoms with Crippen LogP contribution in [0.15, 0.2) is 0 Å². The molecule has 0 aromatic heterocycles. The largest absolute Gasteiger partial charge is 0.368 e. The van der Waals surface area contributed by atoms with E-state index in [0.717, 1.165) is 12.8 Å². The summed E-state index contributed by atoms with van der Waals surface area (Å²) in [7, 11) is 0. The second-order valence-electron chi connectivity index (χ2n) is 2.81. The highest BCUT2D eigenvalue weighted by atomic mass is 16.5. The normalized spacial score (nSPS) is 23.0. The Bertz CT molecular complexity index is 75.0. The Hall–Kier alpha value is -0.0800. The first-order valence-electron chi connectivity index (χ1n) is 3.67. The minimum atomic E-state index is -1.06. The van der Waals surface area contributed by atoms with Crippen molar-refractivity contribution in [2.45, 2.75) is 38.4 Å². The molecule has 0 radical (unpaired) electrons. The van der Waals surface area contributed by atoms with E-state index in [4.69, 9.17) is 10.2 Å². The van der Waals surface area contributed by atoms with Gasteiger partial charge in [-0.25, -0.2) is 0 Å². The number of rotatable bonds is 1. The smallest absolute Gasteiger partial charge is 0.154 e. The van der Waals surface area contributed by atoms with Crippen molar-refractivity contribution >= 4 is 0 Å². The van der Waals surface area contributed by atoms with Crippen molar-refractivity contribution in [1.29, 1.82) is 0 Å². The van der Waals surface area contributed by atoms with Gasteiger partial charge in [0.05, 0.1) is 0 Å². The molecule has 1 fully saturated rings. The lowest BCUT2D eigenvalue weighted by Crippen LogP contribution is -2.21. The Morgan fingerprint density at radius 3 is 1.89 bits per heavy atom. The molecular formula is C7H14O2.